The second kappa shape index (κ2) is 8.69. The van der Waals surface area contributed by atoms with Crippen molar-refractivity contribution in [2.75, 3.05) is 19.6 Å². The minimum Gasteiger partial charge on any atom is -0.365 e. The van der Waals surface area contributed by atoms with E-state index in [9.17, 15) is 9.59 Å². The van der Waals surface area contributed by atoms with E-state index in [2.05, 4.69) is 41.1 Å². The number of hydrogen-bond acceptors (Lipinski definition) is 4. The Balaban J connectivity index is 1.53. The third-order valence-electron chi connectivity index (χ3n) is 4.03. The number of carbonyl (C=O) groups excluding carboxylic acids is 2. The summed E-state index contributed by atoms with van der Waals surface area (Å²) in [5.41, 5.74) is 9.07. The molecule has 2 rings (SSSR count). The summed E-state index contributed by atoms with van der Waals surface area (Å²) >= 11 is 0. The lowest BCUT2D eigenvalue weighted by molar-refractivity contribution is -0.118. The number of unbranched alkanes of at least 4 members (excludes halogenated alkanes) is 2. The van der Waals surface area contributed by atoms with Crippen LogP contribution >= 0.6 is 0 Å². The summed E-state index contributed by atoms with van der Waals surface area (Å²) in [6.07, 6.45) is 6.02. The molecule has 1 unspecified atom stereocenters. The van der Waals surface area contributed by atoms with Crippen LogP contribution in [-0.2, 0) is 4.79 Å². The average molecular weight is 321 g/mol. The number of amides is 3. The predicted octanol–water partition coefficient (Wildman–Crippen LogP) is 1.59. The normalized spacial score (nSPS) is 16.0. The van der Waals surface area contributed by atoms with Gasteiger partial charge in [0.05, 0.1) is 0 Å². The maximum atomic E-state index is 11.4. The second-order valence-corrected chi connectivity index (χ2v) is 5.98. The Morgan fingerprint density at radius 1 is 1.30 bits per heavy atom. The zero-order chi connectivity index (χ0) is 16.7. The molecule has 2 heterocycles. The minimum absolute atomic E-state index is 0.201. The van der Waals surface area contributed by atoms with Crippen molar-refractivity contribution in [3.05, 3.63) is 23.5 Å². The molecule has 3 amide bonds. The van der Waals surface area contributed by atoms with E-state index in [0.29, 0.717) is 12.6 Å². The van der Waals surface area contributed by atoms with Crippen molar-refractivity contribution in [2.45, 2.75) is 45.6 Å². The van der Waals surface area contributed by atoms with Crippen LogP contribution in [0.4, 0.5) is 4.79 Å². The van der Waals surface area contributed by atoms with Crippen molar-refractivity contribution in [1.29, 1.82) is 0 Å². The van der Waals surface area contributed by atoms with Crippen LogP contribution < -0.4 is 16.2 Å². The SMILES string of the molecule is CCC(NNCCCCCN1CC(=O)NC1=O)c1c[nH]c(C)c1. The Hall–Kier alpha value is -1.86. The van der Waals surface area contributed by atoms with E-state index >= 15 is 0 Å². The molecule has 1 atom stereocenters. The number of aromatic amines is 1. The fourth-order valence-corrected chi connectivity index (χ4v) is 2.70. The molecule has 0 aliphatic carbocycles. The van der Waals surface area contributed by atoms with Crippen LogP contribution in [0.15, 0.2) is 12.3 Å². The molecule has 1 fully saturated rings. The van der Waals surface area contributed by atoms with E-state index in [-0.39, 0.29) is 18.5 Å². The van der Waals surface area contributed by atoms with E-state index < -0.39 is 0 Å². The summed E-state index contributed by atoms with van der Waals surface area (Å²) in [5.74, 6) is -0.202. The van der Waals surface area contributed by atoms with Crippen LogP contribution in [0.2, 0.25) is 0 Å². The van der Waals surface area contributed by atoms with Gasteiger partial charge in [-0.3, -0.25) is 21.0 Å². The van der Waals surface area contributed by atoms with Crippen LogP contribution in [-0.4, -0.2) is 41.5 Å². The maximum absolute atomic E-state index is 11.4. The molecule has 0 saturated carbocycles. The van der Waals surface area contributed by atoms with Crippen molar-refractivity contribution in [3.8, 4) is 0 Å². The van der Waals surface area contributed by atoms with Gasteiger partial charge in [-0.25, -0.2) is 4.79 Å². The highest BCUT2D eigenvalue weighted by atomic mass is 16.2. The summed E-state index contributed by atoms with van der Waals surface area (Å²) in [6.45, 7) is 5.94. The smallest absolute Gasteiger partial charge is 0.324 e. The van der Waals surface area contributed by atoms with Gasteiger partial charge in [0.2, 0.25) is 5.91 Å². The quantitative estimate of drug-likeness (QED) is 0.299. The highest BCUT2D eigenvalue weighted by Crippen LogP contribution is 2.16. The molecule has 128 valence electrons. The largest absolute Gasteiger partial charge is 0.365 e. The van der Waals surface area contributed by atoms with Crippen LogP contribution in [0.25, 0.3) is 0 Å². The Morgan fingerprint density at radius 3 is 2.74 bits per heavy atom. The summed E-state index contributed by atoms with van der Waals surface area (Å²) in [5, 5.41) is 2.29. The van der Waals surface area contributed by atoms with E-state index in [0.717, 1.165) is 32.2 Å². The summed E-state index contributed by atoms with van der Waals surface area (Å²) in [6, 6.07) is 2.20. The number of imide groups is 1. The molecule has 1 saturated heterocycles. The molecule has 1 aromatic heterocycles. The standard InChI is InChI=1S/C16H27N5O2/c1-3-14(13-9-12(2)17-10-13)20-18-7-5-4-6-8-21-11-15(22)19-16(21)23/h9-10,14,17-18,20H,3-8,11H2,1-2H3,(H,19,22,23). The van der Waals surface area contributed by atoms with Gasteiger partial charge >= 0.3 is 6.03 Å². The zero-order valence-corrected chi connectivity index (χ0v) is 13.9. The number of aryl methyl sites for hydroxylation is 1. The maximum Gasteiger partial charge on any atom is 0.324 e. The lowest BCUT2D eigenvalue weighted by Gasteiger charge is -2.17. The molecule has 0 radical (unpaired) electrons. The van der Waals surface area contributed by atoms with Gasteiger partial charge in [-0.2, -0.15) is 0 Å². The molecule has 1 aliphatic rings. The molecule has 7 heteroatoms. The van der Waals surface area contributed by atoms with Gasteiger partial charge in [0, 0.05) is 31.0 Å². The zero-order valence-electron chi connectivity index (χ0n) is 13.9. The molecule has 7 nitrogen and oxygen atoms in total. The molecule has 4 N–H and O–H groups in total. The van der Waals surface area contributed by atoms with Gasteiger partial charge in [0.1, 0.15) is 6.54 Å². The van der Waals surface area contributed by atoms with Crippen molar-refractivity contribution < 1.29 is 9.59 Å². The molecule has 1 aromatic rings. The molecular weight excluding hydrogens is 294 g/mol. The topological polar surface area (TPSA) is 89.3 Å². The molecule has 1 aliphatic heterocycles. The Labute approximate surface area is 137 Å². The molecule has 0 bridgehead atoms. The summed E-state index contributed by atoms with van der Waals surface area (Å²) in [4.78, 5) is 27.2. The number of carbonyl (C=O) groups is 2. The number of aromatic nitrogens is 1. The molecular formula is C16H27N5O2. The number of hydrogen-bond donors (Lipinski definition) is 4. The molecule has 0 aromatic carbocycles. The number of hydrazine groups is 1. The van der Waals surface area contributed by atoms with E-state index in [1.807, 2.05) is 6.20 Å². The van der Waals surface area contributed by atoms with Gasteiger partial charge < -0.3 is 9.88 Å². The van der Waals surface area contributed by atoms with Gasteiger partial charge in [0.25, 0.3) is 0 Å². The third kappa shape index (κ3) is 5.37. The van der Waals surface area contributed by atoms with Crippen LogP contribution in [0, 0.1) is 6.92 Å². The Bertz CT molecular complexity index is 528. The lowest BCUT2D eigenvalue weighted by atomic mass is 10.1. The lowest BCUT2D eigenvalue weighted by Crippen LogP contribution is -2.35. The second-order valence-electron chi connectivity index (χ2n) is 5.98. The Morgan fingerprint density at radius 2 is 2.13 bits per heavy atom. The van der Waals surface area contributed by atoms with E-state index in [1.165, 1.54) is 11.3 Å². The van der Waals surface area contributed by atoms with Crippen molar-refractivity contribution in [1.82, 2.24) is 26.1 Å². The highest BCUT2D eigenvalue weighted by molar-refractivity contribution is 6.01. The Kier molecular flexibility index (Phi) is 6.61. The van der Waals surface area contributed by atoms with Gasteiger partial charge in [0.15, 0.2) is 0 Å². The number of rotatable bonds is 10. The van der Waals surface area contributed by atoms with Gasteiger partial charge in [-0.1, -0.05) is 13.3 Å². The molecule has 23 heavy (non-hydrogen) atoms. The number of nitrogens with one attached hydrogen (secondary N) is 4. The van der Waals surface area contributed by atoms with Crippen LogP contribution in [0.3, 0.4) is 0 Å². The average Bonchev–Trinajstić information content (AvgIpc) is 3.08. The number of urea groups is 1. The minimum atomic E-state index is -0.262. The van der Waals surface area contributed by atoms with Crippen LogP contribution in [0.5, 0.6) is 0 Å². The highest BCUT2D eigenvalue weighted by Gasteiger charge is 2.25. The van der Waals surface area contributed by atoms with Gasteiger partial charge in [-0.05, 0) is 37.8 Å². The first-order valence-electron chi connectivity index (χ1n) is 8.32. The summed E-state index contributed by atoms with van der Waals surface area (Å²) < 4.78 is 0. The first-order chi connectivity index (χ1) is 11.1. The van der Waals surface area contributed by atoms with E-state index in [1.54, 1.807) is 4.90 Å². The predicted molar refractivity (Wildman–Crippen MR) is 88.7 cm³/mol. The summed E-state index contributed by atoms with van der Waals surface area (Å²) in [7, 11) is 0. The van der Waals surface area contributed by atoms with Gasteiger partial charge in [-0.15, -0.1) is 0 Å². The van der Waals surface area contributed by atoms with E-state index in [4.69, 9.17) is 0 Å². The number of nitrogens with zero attached hydrogens (tertiary/aromatic N) is 1. The first-order valence-corrected chi connectivity index (χ1v) is 8.32. The first kappa shape index (κ1) is 17.5. The van der Waals surface area contributed by atoms with Crippen molar-refractivity contribution in [2.24, 2.45) is 0 Å². The van der Waals surface area contributed by atoms with Crippen molar-refractivity contribution in [3.63, 3.8) is 0 Å². The fraction of sp³-hybridized carbons (Fsp3) is 0.625. The fourth-order valence-electron chi connectivity index (χ4n) is 2.70. The van der Waals surface area contributed by atoms with Crippen LogP contribution in [0.1, 0.15) is 49.9 Å². The third-order valence-corrected chi connectivity index (χ3v) is 4.03. The molecule has 0 spiro atoms. The number of H-pyrrole nitrogens is 1. The monoisotopic (exact) mass is 321 g/mol. The van der Waals surface area contributed by atoms with Crippen molar-refractivity contribution >= 4 is 11.9 Å².